The van der Waals surface area contributed by atoms with Crippen LogP contribution in [0.15, 0.2) is 30.3 Å². The van der Waals surface area contributed by atoms with E-state index in [0.717, 1.165) is 25.3 Å². The number of halogens is 4. The molecule has 2 rings (SSSR count). The summed E-state index contributed by atoms with van der Waals surface area (Å²) in [5.74, 6) is -1.14. The van der Waals surface area contributed by atoms with Crippen LogP contribution in [0.5, 0.6) is 11.6 Å². The average molecular weight is 412 g/mol. The first-order valence-electron chi connectivity index (χ1n) is 6.52. The van der Waals surface area contributed by atoms with Crippen molar-refractivity contribution in [2.75, 3.05) is 11.8 Å². The van der Waals surface area contributed by atoms with Gasteiger partial charge in [-0.05, 0) is 24.3 Å². The molecule has 1 aromatic carbocycles. The molecule has 0 aliphatic heterocycles. The molecule has 8 nitrogen and oxygen atoms in total. The minimum absolute atomic E-state index is 0.0196. The van der Waals surface area contributed by atoms with E-state index in [0.29, 0.717) is 0 Å². The lowest BCUT2D eigenvalue weighted by molar-refractivity contribution is -0.0429. The van der Waals surface area contributed by atoms with Crippen LogP contribution in [0.25, 0.3) is 0 Å². The number of benzene rings is 1. The lowest BCUT2D eigenvalue weighted by atomic mass is 10.2. The first kappa shape index (κ1) is 19.7. The Balaban J connectivity index is 2.38. The Morgan fingerprint density at radius 1 is 1.19 bits per heavy atom. The summed E-state index contributed by atoms with van der Waals surface area (Å²) in [5.41, 5.74) is -6.70. The minimum Gasteiger partial charge on any atom is -0.465 e. The second kappa shape index (κ2) is 7.33. The maximum absolute atomic E-state index is 12.5. The maximum atomic E-state index is 12.5. The largest absolute Gasteiger partial charge is 0.516 e. The zero-order valence-electron chi connectivity index (χ0n) is 12.7. The fraction of sp³-hybridized carbons (Fsp3) is 0.154. The Morgan fingerprint density at radius 2 is 1.88 bits per heavy atom. The molecule has 26 heavy (non-hydrogen) atoms. The third kappa shape index (κ3) is 4.52. The molecule has 0 amide bonds. The van der Waals surface area contributed by atoms with E-state index in [1.54, 1.807) is 0 Å². The van der Waals surface area contributed by atoms with Gasteiger partial charge in [0.1, 0.15) is 5.75 Å². The Morgan fingerprint density at radius 3 is 2.42 bits per heavy atom. The number of rotatable bonds is 5. The van der Waals surface area contributed by atoms with Gasteiger partial charge < -0.3 is 9.47 Å². The molecule has 140 valence electrons. The molecule has 0 aliphatic rings. The minimum atomic E-state index is -5.73. The molecule has 1 N–H and O–H groups in total. The first-order valence-corrected chi connectivity index (χ1v) is 8.38. The molecular formula is C13H9ClF3N3O5S. The molecule has 0 unspecified atom stereocenters. The lowest BCUT2D eigenvalue weighted by Crippen LogP contribution is -2.30. The summed E-state index contributed by atoms with van der Waals surface area (Å²) < 4.78 is 71.0. The molecule has 2 aromatic rings. The Hall–Kier alpha value is -2.60. The van der Waals surface area contributed by atoms with E-state index in [2.05, 4.69) is 14.9 Å². The number of methoxy groups -OCH3 is 1. The number of aromatic nitrogens is 2. The highest BCUT2D eigenvalue weighted by Crippen LogP contribution is 2.30. The maximum Gasteiger partial charge on any atom is 0.516 e. The van der Waals surface area contributed by atoms with Crippen LogP contribution in [-0.2, 0) is 14.8 Å². The van der Waals surface area contributed by atoms with E-state index in [-0.39, 0.29) is 16.8 Å². The van der Waals surface area contributed by atoms with Gasteiger partial charge in [-0.25, -0.2) is 4.79 Å². The van der Waals surface area contributed by atoms with Crippen molar-refractivity contribution in [3.05, 3.63) is 41.0 Å². The summed E-state index contributed by atoms with van der Waals surface area (Å²) in [7, 11) is -4.75. The molecule has 0 aliphatic carbocycles. The molecule has 0 saturated heterocycles. The summed E-state index contributed by atoms with van der Waals surface area (Å²) in [4.78, 5) is 11.8. The van der Waals surface area contributed by atoms with Crippen LogP contribution >= 0.6 is 11.6 Å². The van der Waals surface area contributed by atoms with E-state index in [1.807, 2.05) is 0 Å². The zero-order valence-corrected chi connectivity index (χ0v) is 14.3. The predicted molar refractivity (Wildman–Crippen MR) is 83.5 cm³/mol. The van der Waals surface area contributed by atoms with Crippen molar-refractivity contribution in [2.45, 2.75) is 5.51 Å². The highest BCUT2D eigenvalue weighted by molar-refractivity contribution is 7.93. The lowest BCUT2D eigenvalue weighted by Gasteiger charge is -2.14. The number of carbonyl (C=O) groups is 1. The predicted octanol–water partition coefficient (Wildman–Crippen LogP) is 2.97. The Labute approximate surface area is 149 Å². The van der Waals surface area contributed by atoms with Gasteiger partial charge in [0.05, 0.1) is 18.4 Å². The van der Waals surface area contributed by atoms with Crippen LogP contribution in [0.3, 0.4) is 0 Å². The van der Waals surface area contributed by atoms with Gasteiger partial charge in [-0.15, -0.1) is 10.2 Å². The molecule has 0 radical (unpaired) electrons. The van der Waals surface area contributed by atoms with E-state index in [9.17, 15) is 26.4 Å². The third-order valence-corrected chi connectivity index (χ3v) is 4.07. The fourth-order valence-corrected chi connectivity index (χ4v) is 2.32. The molecular weight excluding hydrogens is 403 g/mol. The number of alkyl halides is 3. The molecule has 0 bridgehead atoms. The summed E-state index contributed by atoms with van der Waals surface area (Å²) in [5, 5.41) is 7.23. The van der Waals surface area contributed by atoms with Gasteiger partial charge in [0.2, 0.25) is 5.88 Å². The van der Waals surface area contributed by atoms with Crippen LogP contribution in [0, 0.1) is 0 Å². The monoisotopic (exact) mass is 411 g/mol. The third-order valence-electron chi connectivity index (χ3n) is 2.78. The number of hydrogen-bond acceptors (Lipinski definition) is 7. The second-order valence-electron chi connectivity index (χ2n) is 4.55. The van der Waals surface area contributed by atoms with Crippen LogP contribution in [0.1, 0.15) is 10.4 Å². The standard InChI is InChI=1S/C13H9ClF3N3O5S/c1-24-12(21)8-6-7(25-11-5-4-10(14)18-19-11)2-3-9(8)20-26(22,23)13(15,16)17/h2-6,20H,1H3. The van der Waals surface area contributed by atoms with Crippen molar-refractivity contribution in [1.29, 1.82) is 0 Å². The van der Waals surface area contributed by atoms with Gasteiger partial charge in [-0.1, -0.05) is 11.6 Å². The van der Waals surface area contributed by atoms with Gasteiger partial charge in [-0.2, -0.15) is 21.6 Å². The molecule has 1 heterocycles. The number of hydrogen-bond donors (Lipinski definition) is 1. The Bertz CT molecular complexity index is 920. The normalized spacial score (nSPS) is 11.7. The van der Waals surface area contributed by atoms with Crippen molar-refractivity contribution in [3.8, 4) is 11.6 Å². The number of carbonyl (C=O) groups excluding carboxylic acids is 1. The van der Waals surface area contributed by atoms with Crippen molar-refractivity contribution in [1.82, 2.24) is 10.2 Å². The average Bonchev–Trinajstić information content (AvgIpc) is 2.56. The Kier molecular flexibility index (Phi) is 5.56. The summed E-state index contributed by atoms with van der Waals surface area (Å²) in [6, 6.07) is 5.74. The summed E-state index contributed by atoms with van der Waals surface area (Å²) >= 11 is 5.57. The van der Waals surface area contributed by atoms with Gasteiger partial charge in [-0.3, -0.25) is 4.72 Å². The molecule has 0 atom stereocenters. The van der Waals surface area contributed by atoms with Crippen LogP contribution in [0.4, 0.5) is 18.9 Å². The van der Waals surface area contributed by atoms with Crippen LogP contribution < -0.4 is 9.46 Å². The van der Waals surface area contributed by atoms with E-state index in [4.69, 9.17) is 16.3 Å². The topological polar surface area (TPSA) is 107 Å². The molecule has 0 spiro atoms. The van der Waals surface area contributed by atoms with Crippen LogP contribution in [0.2, 0.25) is 5.15 Å². The van der Waals surface area contributed by atoms with Gasteiger partial charge in [0.15, 0.2) is 5.15 Å². The molecule has 13 heteroatoms. The second-order valence-corrected chi connectivity index (χ2v) is 6.61. The highest BCUT2D eigenvalue weighted by atomic mass is 35.5. The van der Waals surface area contributed by atoms with E-state index in [1.165, 1.54) is 16.9 Å². The number of anilines is 1. The van der Waals surface area contributed by atoms with E-state index >= 15 is 0 Å². The first-order chi connectivity index (χ1) is 12.0. The highest BCUT2D eigenvalue weighted by Gasteiger charge is 2.46. The smallest absolute Gasteiger partial charge is 0.465 e. The quantitative estimate of drug-likeness (QED) is 0.753. The molecule has 0 saturated carbocycles. The van der Waals surface area contributed by atoms with Gasteiger partial charge in [0.25, 0.3) is 0 Å². The van der Waals surface area contributed by atoms with E-state index < -0.39 is 32.8 Å². The fourth-order valence-electron chi connectivity index (χ4n) is 1.64. The SMILES string of the molecule is COC(=O)c1cc(Oc2ccc(Cl)nn2)ccc1NS(=O)(=O)C(F)(F)F. The van der Waals surface area contributed by atoms with Crippen molar-refractivity contribution in [2.24, 2.45) is 0 Å². The van der Waals surface area contributed by atoms with Gasteiger partial charge >= 0.3 is 21.5 Å². The zero-order chi connectivity index (χ0) is 19.5. The number of esters is 1. The van der Waals surface area contributed by atoms with Gasteiger partial charge in [0, 0.05) is 6.07 Å². The number of nitrogens with one attached hydrogen (secondary N) is 1. The number of sulfonamides is 1. The van der Waals surface area contributed by atoms with Crippen LogP contribution in [-0.4, -0.2) is 37.2 Å². The number of nitrogens with zero attached hydrogens (tertiary/aromatic N) is 2. The van der Waals surface area contributed by atoms with Crippen molar-refractivity contribution >= 4 is 33.3 Å². The van der Waals surface area contributed by atoms with Crippen molar-refractivity contribution < 1.29 is 35.9 Å². The molecule has 1 aromatic heterocycles. The number of ether oxygens (including phenoxy) is 2. The van der Waals surface area contributed by atoms with Crippen molar-refractivity contribution in [3.63, 3.8) is 0 Å². The summed E-state index contributed by atoms with van der Waals surface area (Å²) in [6.45, 7) is 0. The summed E-state index contributed by atoms with van der Waals surface area (Å²) in [6.07, 6.45) is 0. The molecule has 0 fully saturated rings.